The predicted molar refractivity (Wildman–Crippen MR) is 74.9 cm³/mol. The highest BCUT2D eigenvalue weighted by Gasteiger charge is 2.16. The molecule has 0 aliphatic carbocycles. The first-order valence-electron chi connectivity index (χ1n) is 5.64. The van der Waals surface area contributed by atoms with Gasteiger partial charge in [-0.1, -0.05) is 35.3 Å². The van der Waals surface area contributed by atoms with Crippen molar-refractivity contribution >= 4 is 34.1 Å². The molecule has 0 radical (unpaired) electrons. The number of benzene rings is 2. The molecule has 3 rings (SSSR count). The Hall–Kier alpha value is -1.78. The first kappa shape index (κ1) is 13.2. The summed E-state index contributed by atoms with van der Waals surface area (Å²) >= 11 is 12.1. The number of hydrogen-bond donors (Lipinski definition) is 0. The van der Waals surface area contributed by atoms with Crippen LogP contribution in [0.15, 0.2) is 36.4 Å². The minimum absolute atomic E-state index is 0.0539. The van der Waals surface area contributed by atoms with Crippen LogP contribution in [-0.2, 0) is 0 Å². The van der Waals surface area contributed by atoms with E-state index in [0.717, 1.165) is 12.1 Å². The Labute approximate surface area is 123 Å². The van der Waals surface area contributed by atoms with Crippen molar-refractivity contribution in [1.82, 2.24) is 9.97 Å². The second-order valence-corrected chi connectivity index (χ2v) is 4.83. The molecule has 0 aliphatic heterocycles. The highest BCUT2D eigenvalue weighted by molar-refractivity contribution is 6.41. The van der Waals surface area contributed by atoms with E-state index in [1.165, 1.54) is 6.07 Å². The lowest BCUT2D eigenvalue weighted by molar-refractivity contribution is 0.587. The number of aromatic nitrogens is 2. The van der Waals surface area contributed by atoms with Crippen LogP contribution in [0.2, 0.25) is 10.2 Å². The summed E-state index contributed by atoms with van der Waals surface area (Å²) in [5.41, 5.74) is 0.117. The average molecular weight is 311 g/mol. The Morgan fingerprint density at radius 2 is 1.50 bits per heavy atom. The molecule has 100 valence electrons. The third-order valence-corrected chi connectivity index (χ3v) is 3.40. The fraction of sp³-hybridized carbons (Fsp3) is 0. The maximum absolute atomic E-state index is 13.8. The highest BCUT2D eigenvalue weighted by atomic mass is 35.5. The largest absolute Gasteiger partial charge is 0.228 e. The quantitative estimate of drug-likeness (QED) is 0.598. The van der Waals surface area contributed by atoms with Gasteiger partial charge in [-0.3, -0.25) is 0 Å². The molecule has 0 saturated carbocycles. The number of hydrogen-bond acceptors (Lipinski definition) is 2. The molecule has 1 heterocycles. The fourth-order valence-electron chi connectivity index (χ4n) is 1.92. The van der Waals surface area contributed by atoms with Crippen LogP contribution in [0.1, 0.15) is 0 Å². The van der Waals surface area contributed by atoms with Crippen molar-refractivity contribution in [2.24, 2.45) is 0 Å². The summed E-state index contributed by atoms with van der Waals surface area (Å²) in [7, 11) is 0. The molecule has 0 unspecified atom stereocenters. The summed E-state index contributed by atoms with van der Waals surface area (Å²) < 4.78 is 27.5. The van der Waals surface area contributed by atoms with Crippen molar-refractivity contribution in [1.29, 1.82) is 0 Å². The van der Waals surface area contributed by atoms with Gasteiger partial charge in [0.1, 0.15) is 16.8 Å². The first-order valence-corrected chi connectivity index (χ1v) is 6.39. The van der Waals surface area contributed by atoms with Crippen LogP contribution in [0.5, 0.6) is 0 Å². The van der Waals surface area contributed by atoms with Gasteiger partial charge in [0.2, 0.25) is 0 Å². The predicted octanol–water partition coefficient (Wildman–Crippen LogP) is 4.88. The van der Waals surface area contributed by atoms with E-state index in [1.54, 1.807) is 18.2 Å². The van der Waals surface area contributed by atoms with E-state index < -0.39 is 11.6 Å². The van der Waals surface area contributed by atoms with E-state index in [-0.39, 0.29) is 16.5 Å². The van der Waals surface area contributed by atoms with Crippen LogP contribution in [0, 0.1) is 11.6 Å². The standard InChI is InChI=1S/C14H6Cl2F2N2/c15-7-3-1-6-10-11(7)13(16)20-14(19-10)12-8(17)4-2-5-9(12)18/h1-6H. The van der Waals surface area contributed by atoms with Gasteiger partial charge in [-0.05, 0) is 24.3 Å². The lowest BCUT2D eigenvalue weighted by Gasteiger charge is -2.07. The molecule has 0 amide bonds. The molecule has 20 heavy (non-hydrogen) atoms. The topological polar surface area (TPSA) is 25.8 Å². The summed E-state index contributed by atoms with van der Waals surface area (Å²) in [4.78, 5) is 8.07. The van der Waals surface area contributed by atoms with Crippen LogP contribution in [-0.4, -0.2) is 9.97 Å². The van der Waals surface area contributed by atoms with Gasteiger partial charge >= 0.3 is 0 Å². The zero-order chi connectivity index (χ0) is 14.3. The lowest BCUT2D eigenvalue weighted by Crippen LogP contribution is -1.97. The van der Waals surface area contributed by atoms with Gasteiger partial charge in [0, 0.05) is 0 Å². The van der Waals surface area contributed by atoms with E-state index in [4.69, 9.17) is 23.2 Å². The summed E-state index contributed by atoms with van der Waals surface area (Å²) in [6, 6.07) is 8.51. The van der Waals surface area contributed by atoms with Crippen molar-refractivity contribution in [3.63, 3.8) is 0 Å². The third-order valence-electron chi connectivity index (χ3n) is 2.81. The minimum atomic E-state index is -0.748. The lowest BCUT2D eigenvalue weighted by atomic mass is 10.1. The van der Waals surface area contributed by atoms with Gasteiger partial charge in [-0.15, -0.1) is 0 Å². The van der Waals surface area contributed by atoms with E-state index >= 15 is 0 Å². The normalized spacial score (nSPS) is 11.0. The molecule has 2 aromatic carbocycles. The number of fused-ring (bicyclic) bond motifs is 1. The van der Waals surface area contributed by atoms with Crippen LogP contribution in [0.4, 0.5) is 8.78 Å². The zero-order valence-electron chi connectivity index (χ0n) is 9.87. The summed E-state index contributed by atoms with van der Waals surface area (Å²) in [5.74, 6) is -1.61. The second kappa shape index (κ2) is 4.96. The molecule has 0 N–H and O–H groups in total. The van der Waals surface area contributed by atoms with Gasteiger partial charge in [-0.25, -0.2) is 18.7 Å². The van der Waals surface area contributed by atoms with E-state index in [9.17, 15) is 8.78 Å². The molecular weight excluding hydrogens is 305 g/mol. The molecule has 0 saturated heterocycles. The molecule has 1 aromatic heterocycles. The van der Waals surface area contributed by atoms with Crippen molar-refractivity contribution in [2.45, 2.75) is 0 Å². The minimum Gasteiger partial charge on any atom is -0.228 e. The van der Waals surface area contributed by atoms with Crippen molar-refractivity contribution in [3.05, 3.63) is 58.2 Å². The van der Waals surface area contributed by atoms with Crippen LogP contribution in [0.3, 0.4) is 0 Å². The Bertz CT molecular complexity index is 801. The molecule has 0 spiro atoms. The smallest absolute Gasteiger partial charge is 0.167 e. The molecule has 0 aliphatic rings. The average Bonchev–Trinajstić information content (AvgIpc) is 2.38. The number of halogens is 4. The van der Waals surface area contributed by atoms with Gasteiger partial charge in [0.05, 0.1) is 21.5 Å². The molecule has 6 heteroatoms. The molecular formula is C14H6Cl2F2N2. The van der Waals surface area contributed by atoms with Crippen molar-refractivity contribution in [3.8, 4) is 11.4 Å². The Kier molecular flexibility index (Phi) is 3.28. The van der Waals surface area contributed by atoms with E-state index in [0.29, 0.717) is 15.9 Å². The number of nitrogens with zero attached hydrogens (tertiary/aromatic N) is 2. The third kappa shape index (κ3) is 2.11. The van der Waals surface area contributed by atoms with Gasteiger partial charge in [-0.2, -0.15) is 0 Å². The van der Waals surface area contributed by atoms with Crippen LogP contribution in [0.25, 0.3) is 22.3 Å². The monoisotopic (exact) mass is 310 g/mol. The van der Waals surface area contributed by atoms with E-state index in [2.05, 4.69) is 9.97 Å². The Morgan fingerprint density at radius 3 is 2.20 bits per heavy atom. The molecule has 3 aromatic rings. The molecule has 0 bridgehead atoms. The summed E-state index contributed by atoms with van der Waals surface area (Å²) in [6.07, 6.45) is 0. The maximum atomic E-state index is 13.8. The Balaban J connectivity index is 2.34. The van der Waals surface area contributed by atoms with E-state index in [1.807, 2.05) is 0 Å². The summed E-state index contributed by atoms with van der Waals surface area (Å²) in [5, 5.41) is 0.891. The van der Waals surface area contributed by atoms with Crippen molar-refractivity contribution < 1.29 is 8.78 Å². The SMILES string of the molecule is Fc1cccc(F)c1-c1nc(Cl)c2c(Cl)cccc2n1. The number of rotatable bonds is 1. The van der Waals surface area contributed by atoms with Crippen LogP contribution >= 0.6 is 23.2 Å². The molecule has 0 atom stereocenters. The highest BCUT2D eigenvalue weighted by Crippen LogP contribution is 2.31. The molecule has 2 nitrogen and oxygen atoms in total. The zero-order valence-corrected chi connectivity index (χ0v) is 11.4. The maximum Gasteiger partial charge on any atom is 0.167 e. The van der Waals surface area contributed by atoms with Crippen molar-refractivity contribution in [2.75, 3.05) is 0 Å². The molecule has 0 fully saturated rings. The second-order valence-electron chi connectivity index (χ2n) is 4.07. The van der Waals surface area contributed by atoms with Crippen LogP contribution < -0.4 is 0 Å². The van der Waals surface area contributed by atoms with Gasteiger partial charge < -0.3 is 0 Å². The Morgan fingerprint density at radius 1 is 0.850 bits per heavy atom. The van der Waals surface area contributed by atoms with Gasteiger partial charge in [0.25, 0.3) is 0 Å². The summed E-state index contributed by atoms with van der Waals surface area (Å²) in [6.45, 7) is 0. The van der Waals surface area contributed by atoms with Gasteiger partial charge in [0.15, 0.2) is 5.82 Å². The fourth-order valence-corrected chi connectivity index (χ4v) is 2.51. The first-order chi connectivity index (χ1) is 9.58.